The molecule has 1 saturated heterocycles. The minimum atomic E-state index is -0.365. The molecule has 4 unspecified atom stereocenters. The van der Waals surface area contributed by atoms with E-state index >= 15 is 0 Å². The third-order valence-corrected chi connectivity index (χ3v) is 6.18. The van der Waals surface area contributed by atoms with Gasteiger partial charge in [0, 0.05) is 24.7 Å². The van der Waals surface area contributed by atoms with Gasteiger partial charge < -0.3 is 4.74 Å². The van der Waals surface area contributed by atoms with Gasteiger partial charge in [0.05, 0.1) is 0 Å². The van der Waals surface area contributed by atoms with E-state index in [4.69, 9.17) is 14.5 Å². The number of hydrogen-bond acceptors (Lipinski definition) is 3. The van der Waals surface area contributed by atoms with E-state index in [1.54, 1.807) is 0 Å². The van der Waals surface area contributed by atoms with E-state index < -0.39 is 0 Å². The summed E-state index contributed by atoms with van der Waals surface area (Å²) in [5.41, 5.74) is 0. The Kier molecular flexibility index (Phi) is 1.66. The Morgan fingerprint density at radius 2 is 1.47 bits per heavy atom. The van der Waals surface area contributed by atoms with Gasteiger partial charge in [-0.05, 0) is 43.9 Å². The maximum atomic E-state index is 6.48. The van der Waals surface area contributed by atoms with Gasteiger partial charge in [0.1, 0.15) is 0 Å². The van der Waals surface area contributed by atoms with Crippen LogP contribution in [0.4, 0.5) is 0 Å². The fraction of sp³-hybridized carbons (Fsp3) is 1.00. The second-order valence-electron chi connectivity index (χ2n) is 6.90. The Hall–Kier alpha value is -0.120. The summed E-state index contributed by atoms with van der Waals surface area (Å²) < 4.78 is 6.48. The number of ether oxygens (including phenoxy) is 1. The van der Waals surface area contributed by atoms with Crippen LogP contribution in [0.25, 0.3) is 0 Å². The molecule has 1 aliphatic heterocycles. The van der Waals surface area contributed by atoms with Crippen molar-refractivity contribution in [3.8, 4) is 0 Å². The topological polar surface area (TPSA) is 27.7 Å². The van der Waals surface area contributed by atoms with Gasteiger partial charge in [0.15, 0.2) is 0 Å². The molecule has 0 amide bonds. The lowest BCUT2D eigenvalue weighted by Gasteiger charge is -2.33. The smallest absolute Gasteiger partial charge is 0.210 e. The van der Waals surface area contributed by atoms with Gasteiger partial charge in [0.2, 0.25) is 11.6 Å². The van der Waals surface area contributed by atoms with Gasteiger partial charge >= 0.3 is 0 Å². The third kappa shape index (κ3) is 1.02. The van der Waals surface area contributed by atoms with Gasteiger partial charge in [-0.25, -0.2) is 0 Å². The fourth-order valence-electron chi connectivity index (χ4n) is 5.55. The second kappa shape index (κ2) is 2.89. The van der Waals surface area contributed by atoms with E-state index in [0.717, 1.165) is 24.7 Å². The first kappa shape index (κ1) is 9.76. The molecule has 17 heavy (non-hydrogen) atoms. The summed E-state index contributed by atoms with van der Waals surface area (Å²) in [6.07, 6.45) is 9.91. The van der Waals surface area contributed by atoms with Gasteiger partial charge in [0.25, 0.3) is 0 Å². The zero-order valence-corrected chi connectivity index (χ0v) is 10.2. The Morgan fingerprint density at radius 1 is 0.765 bits per heavy atom. The molecule has 5 aliphatic carbocycles. The SMILES string of the molecule is C1CCC2(CC1)OOC1(O2)C2CC3CC2C[C@@H]31. The summed E-state index contributed by atoms with van der Waals surface area (Å²) in [5, 5.41) is 0. The van der Waals surface area contributed by atoms with Crippen LogP contribution in [-0.4, -0.2) is 11.6 Å². The highest BCUT2D eigenvalue weighted by atomic mass is 17.3. The third-order valence-electron chi connectivity index (χ3n) is 6.18. The molecule has 0 radical (unpaired) electrons. The first-order chi connectivity index (χ1) is 8.31. The molecule has 2 spiro atoms. The number of hydrogen-bond donors (Lipinski definition) is 0. The Balaban J connectivity index is 1.48. The average molecular weight is 236 g/mol. The van der Waals surface area contributed by atoms with Crippen molar-refractivity contribution in [2.75, 3.05) is 0 Å². The van der Waals surface area contributed by atoms with Crippen molar-refractivity contribution in [3.63, 3.8) is 0 Å². The molecule has 0 aromatic carbocycles. The maximum Gasteiger partial charge on any atom is 0.210 e. The van der Waals surface area contributed by atoms with Gasteiger partial charge in [-0.1, -0.05) is 6.42 Å². The van der Waals surface area contributed by atoms with Gasteiger partial charge in [-0.2, -0.15) is 9.78 Å². The van der Waals surface area contributed by atoms with Crippen molar-refractivity contribution in [1.29, 1.82) is 0 Å². The zero-order valence-electron chi connectivity index (χ0n) is 10.2. The van der Waals surface area contributed by atoms with Crippen molar-refractivity contribution in [3.05, 3.63) is 0 Å². The van der Waals surface area contributed by atoms with Crippen molar-refractivity contribution in [2.45, 2.75) is 62.9 Å². The summed E-state index contributed by atoms with van der Waals surface area (Å²) in [5.74, 6) is 2.33. The second-order valence-corrected chi connectivity index (χ2v) is 6.90. The Labute approximate surface area is 102 Å². The standard InChI is InChI=1S/C14H20O3/c1-2-4-13(5-3-1)15-14(17-16-13)11-7-9-6-10(11)8-12(9)14/h9-12H,1-8H2/t9?,10?,11-,12?,14?/m0/s1. The van der Waals surface area contributed by atoms with Crippen LogP contribution >= 0.6 is 0 Å². The highest BCUT2D eigenvalue weighted by Crippen LogP contribution is 2.71. The molecule has 0 N–H and O–H groups in total. The summed E-state index contributed by atoms with van der Waals surface area (Å²) >= 11 is 0. The first-order valence-electron chi connectivity index (χ1n) is 7.38. The van der Waals surface area contributed by atoms with Crippen LogP contribution in [0.3, 0.4) is 0 Å². The minimum Gasteiger partial charge on any atom is -0.312 e. The molecule has 6 rings (SSSR count). The summed E-state index contributed by atoms with van der Waals surface area (Å²) in [7, 11) is 0. The Morgan fingerprint density at radius 3 is 2.12 bits per heavy atom. The molecular weight excluding hydrogens is 216 g/mol. The molecule has 4 bridgehead atoms. The first-order valence-corrected chi connectivity index (χ1v) is 7.38. The molecule has 0 aromatic heterocycles. The van der Waals surface area contributed by atoms with Crippen LogP contribution in [0, 0.1) is 23.7 Å². The lowest BCUT2D eigenvalue weighted by atomic mass is 9.91. The molecule has 3 nitrogen and oxygen atoms in total. The molecule has 5 saturated carbocycles. The highest BCUT2D eigenvalue weighted by molar-refractivity contribution is 5.15. The Bertz CT molecular complexity index is 344. The van der Waals surface area contributed by atoms with E-state index in [2.05, 4.69) is 0 Å². The van der Waals surface area contributed by atoms with E-state index in [-0.39, 0.29) is 11.6 Å². The van der Waals surface area contributed by atoms with Crippen molar-refractivity contribution in [2.24, 2.45) is 23.7 Å². The van der Waals surface area contributed by atoms with E-state index in [1.807, 2.05) is 0 Å². The molecule has 1 heterocycles. The summed E-state index contributed by atoms with van der Waals surface area (Å²) in [4.78, 5) is 11.6. The lowest BCUT2D eigenvalue weighted by molar-refractivity contribution is -0.364. The molecule has 0 aromatic rings. The predicted octanol–water partition coefficient (Wildman–Crippen LogP) is 3.00. The average Bonchev–Trinajstić information content (AvgIpc) is 3.09. The largest absolute Gasteiger partial charge is 0.312 e. The van der Waals surface area contributed by atoms with Crippen LogP contribution in [0.15, 0.2) is 0 Å². The predicted molar refractivity (Wildman–Crippen MR) is 59.6 cm³/mol. The molecule has 5 atom stereocenters. The van der Waals surface area contributed by atoms with Gasteiger partial charge in [-0.3, -0.25) is 0 Å². The lowest BCUT2D eigenvalue weighted by Crippen LogP contribution is -2.43. The van der Waals surface area contributed by atoms with Crippen LogP contribution in [-0.2, 0) is 14.5 Å². The molecule has 6 fully saturated rings. The van der Waals surface area contributed by atoms with Crippen LogP contribution in [0.1, 0.15) is 51.4 Å². The minimum absolute atomic E-state index is 0.315. The quantitative estimate of drug-likeness (QED) is 0.605. The normalized spacial score (nSPS) is 57.9. The summed E-state index contributed by atoms with van der Waals surface area (Å²) in [6, 6.07) is 0. The fourth-order valence-corrected chi connectivity index (χ4v) is 5.55. The molecular formula is C14H20O3. The zero-order chi connectivity index (χ0) is 11.1. The van der Waals surface area contributed by atoms with Crippen LogP contribution in [0.2, 0.25) is 0 Å². The highest BCUT2D eigenvalue weighted by Gasteiger charge is 2.75. The van der Waals surface area contributed by atoms with Crippen molar-refractivity contribution in [1.82, 2.24) is 0 Å². The molecule has 94 valence electrons. The van der Waals surface area contributed by atoms with E-state index in [9.17, 15) is 0 Å². The van der Waals surface area contributed by atoms with E-state index in [1.165, 1.54) is 38.5 Å². The van der Waals surface area contributed by atoms with Crippen LogP contribution < -0.4 is 0 Å². The monoisotopic (exact) mass is 236 g/mol. The van der Waals surface area contributed by atoms with Crippen molar-refractivity contribution < 1.29 is 14.5 Å². The summed E-state index contributed by atoms with van der Waals surface area (Å²) in [6.45, 7) is 0. The molecule has 6 aliphatic rings. The van der Waals surface area contributed by atoms with Crippen molar-refractivity contribution >= 4 is 0 Å². The maximum absolute atomic E-state index is 6.48. The van der Waals surface area contributed by atoms with E-state index in [0.29, 0.717) is 11.8 Å². The van der Waals surface area contributed by atoms with Crippen LogP contribution in [0.5, 0.6) is 0 Å². The molecule has 3 heteroatoms. The van der Waals surface area contributed by atoms with Gasteiger partial charge in [-0.15, -0.1) is 0 Å². The number of rotatable bonds is 0.